The van der Waals surface area contributed by atoms with E-state index >= 15 is 0 Å². The van der Waals surface area contributed by atoms with Crippen molar-refractivity contribution in [3.63, 3.8) is 0 Å². The maximum atomic E-state index is 12.5. The van der Waals surface area contributed by atoms with Crippen LogP contribution in [-0.2, 0) is 22.9 Å². The molecule has 1 N–H and O–H groups in total. The van der Waals surface area contributed by atoms with Gasteiger partial charge in [-0.2, -0.15) is 0 Å². The van der Waals surface area contributed by atoms with Gasteiger partial charge >= 0.3 is 0 Å². The predicted octanol–water partition coefficient (Wildman–Crippen LogP) is 2.82. The average molecular weight is 320 g/mol. The molecule has 2 aromatic rings. The van der Waals surface area contributed by atoms with Crippen molar-refractivity contribution in [3.05, 3.63) is 46.3 Å². The first kappa shape index (κ1) is 15.2. The van der Waals surface area contributed by atoms with Gasteiger partial charge in [0.1, 0.15) is 10.6 Å². The summed E-state index contributed by atoms with van der Waals surface area (Å²) in [6.45, 7) is 5.09. The number of nitrogens with one attached hydrogen (secondary N) is 1. The molecule has 1 aromatic heterocycles. The third-order valence-corrected chi connectivity index (χ3v) is 5.98. The highest BCUT2D eigenvalue weighted by atomic mass is 32.2. The molecular formula is C16H20N2O3S. The highest BCUT2D eigenvalue weighted by Gasteiger charge is 2.26. The minimum absolute atomic E-state index is 0.139. The van der Waals surface area contributed by atoms with Crippen molar-refractivity contribution in [2.24, 2.45) is 0 Å². The number of hydrogen-bond acceptors (Lipinski definition) is 4. The standard InChI is InChI=1S/C16H20N2O3S/c1-10(14-8-7-13-5-4-6-15(13)9-14)18-22(19,20)16-11(2)17-21-12(16)3/h7-10,18H,4-6H2,1-3H3/t10-/m0/s1. The predicted molar refractivity (Wildman–Crippen MR) is 83.2 cm³/mol. The Hall–Kier alpha value is -1.66. The summed E-state index contributed by atoms with van der Waals surface area (Å²) in [6.07, 6.45) is 3.37. The number of fused-ring (bicyclic) bond motifs is 1. The molecule has 0 saturated carbocycles. The largest absolute Gasteiger partial charge is 0.360 e. The van der Waals surface area contributed by atoms with Gasteiger partial charge in [-0.15, -0.1) is 0 Å². The van der Waals surface area contributed by atoms with Crippen molar-refractivity contribution in [3.8, 4) is 0 Å². The zero-order valence-corrected chi connectivity index (χ0v) is 13.8. The van der Waals surface area contributed by atoms with E-state index in [1.165, 1.54) is 17.5 Å². The van der Waals surface area contributed by atoms with Crippen molar-refractivity contribution in [2.45, 2.75) is 51.0 Å². The van der Waals surface area contributed by atoms with Gasteiger partial charge in [0, 0.05) is 6.04 Å². The second-order valence-electron chi connectivity index (χ2n) is 5.88. The van der Waals surface area contributed by atoms with Gasteiger partial charge in [-0.3, -0.25) is 0 Å². The smallest absolute Gasteiger partial charge is 0.246 e. The van der Waals surface area contributed by atoms with Crippen molar-refractivity contribution in [1.82, 2.24) is 9.88 Å². The Labute approximate surface area is 130 Å². The summed E-state index contributed by atoms with van der Waals surface area (Å²) in [5, 5.41) is 3.72. The first-order chi connectivity index (χ1) is 10.4. The van der Waals surface area contributed by atoms with Crippen LogP contribution < -0.4 is 4.72 Å². The SMILES string of the molecule is Cc1noc(C)c1S(=O)(=O)N[C@@H](C)c1ccc2c(c1)CCC2. The molecular weight excluding hydrogens is 300 g/mol. The quantitative estimate of drug-likeness (QED) is 0.940. The van der Waals surface area contributed by atoms with Crippen LogP contribution in [0.15, 0.2) is 27.6 Å². The second kappa shape index (κ2) is 5.52. The van der Waals surface area contributed by atoms with Gasteiger partial charge in [-0.1, -0.05) is 23.4 Å². The number of nitrogens with zero attached hydrogens (tertiary/aromatic N) is 1. The van der Waals surface area contributed by atoms with Crippen LogP contribution in [0.4, 0.5) is 0 Å². The minimum atomic E-state index is -3.65. The second-order valence-corrected chi connectivity index (χ2v) is 7.53. The van der Waals surface area contributed by atoms with Crippen LogP contribution in [0.1, 0.15) is 47.5 Å². The molecule has 1 atom stereocenters. The van der Waals surface area contributed by atoms with Crippen LogP contribution in [0.2, 0.25) is 0 Å². The number of aryl methyl sites for hydroxylation is 4. The van der Waals surface area contributed by atoms with E-state index in [2.05, 4.69) is 22.0 Å². The lowest BCUT2D eigenvalue weighted by Gasteiger charge is -2.15. The number of sulfonamides is 1. The Morgan fingerprint density at radius 2 is 1.95 bits per heavy atom. The highest BCUT2D eigenvalue weighted by molar-refractivity contribution is 7.89. The molecule has 0 bridgehead atoms. The molecule has 1 aliphatic carbocycles. The van der Waals surface area contributed by atoms with E-state index in [4.69, 9.17) is 4.52 Å². The summed E-state index contributed by atoms with van der Waals surface area (Å²) < 4.78 is 32.8. The van der Waals surface area contributed by atoms with E-state index in [1.807, 2.05) is 13.0 Å². The fourth-order valence-electron chi connectivity index (χ4n) is 3.08. The molecule has 1 heterocycles. The summed E-state index contributed by atoms with van der Waals surface area (Å²) >= 11 is 0. The maximum absolute atomic E-state index is 12.5. The molecule has 6 heteroatoms. The van der Waals surface area contributed by atoms with Gasteiger partial charge in [0.2, 0.25) is 10.0 Å². The van der Waals surface area contributed by atoms with E-state index in [-0.39, 0.29) is 10.9 Å². The maximum Gasteiger partial charge on any atom is 0.246 e. The van der Waals surface area contributed by atoms with Crippen LogP contribution in [0.25, 0.3) is 0 Å². The Kier molecular flexibility index (Phi) is 3.82. The molecule has 0 unspecified atom stereocenters. The summed E-state index contributed by atoms with van der Waals surface area (Å²) in [7, 11) is -3.65. The molecule has 0 amide bonds. The molecule has 22 heavy (non-hydrogen) atoms. The number of rotatable bonds is 4. The van der Waals surface area contributed by atoms with Crippen LogP contribution in [0.5, 0.6) is 0 Å². The molecule has 1 aromatic carbocycles. The third-order valence-electron chi connectivity index (χ3n) is 4.19. The Morgan fingerprint density at radius 1 is 1.23 bits per heavy atom. The molecule has 0 fully saturated rings. The van der Waals surface area contributed by atoms with Gasteiger partial charge in [-0.25, -0.2) is 13.1 Å². The van der Waals surface area contributed by atoms with Gasteiger partial charge in [0.05, 0.1) is 0 Å². The topological polar surface area (TPSA) is 72.2 Å². The highest BCUT2D eigenvalue weighted by Crippen LogP contribution is 2.27. The normalized spacial score (nSPS) is 15.8. The number of benzene rings is 1. The first-order valence-corrected chi connectivity index (χ1v) is 8.93. The lowest BCUT2D eigenvalue weighted by atomic mass is 10.0. The zero-order valence-electron chi connectivity index (χ0n) is 13.0. The van der Waals surface area contributed by atoms with Gasteiger partial charge in [0.15, 0.2) is 5.76 Å². The van der Waals surface area contributed by atoms with Crippen LogP contribution in [0, 0.1) is 13.8 Å². The molecule has 0 radical (unpaired) electrons. The Morgan fingerprint density at radius 3 is 2.64 bits per heavy atom. The van der Waals surface area contributed by atoms with Crippen molar-refractivity contribution in [1.29, 1.82) is 0 Å². The average Bonchev–Trinajstić information content (AvgIpc) is 3.04. The van der Waals surface area contributed by atoms with E-state index in [0.29, 0.717) is 11.5 Å². The van der Waals surface area contributed by atoms with Gasteiger partial charge < -0.3 is 4.52 Å². The van der Waals surface area contributed by atoms with E-state index < -0.39 is 10.0 Å². The molecule has 1 aliphatic rings. The van der Waals surface area contributed by atoms with E-state index in [9.17, 15) is 8.42 Å². The van der Waals surface area contributed by atoms with Crippen LogP contribution in [-0.4, -0.2) is 13.6 Å². The van der Waals surface area contributed by atoms with Crippen molar-refractivity contribution >= 4 is 10.0 Å². The van der Waals surface area contributed by atoms with Crippen molar-refractivity contribution < 1.29 is 12.9 Å². The Balaban J connectivity index is 1.86. The lowest BCUT2D eigenvalue weighted by molar-refractivity contribution is 0.390. The Bertz CT molecular complexity index is 789. The van der Waals surface area contributed by atoms with Crippen molar-refractivity contribution in [2.75, 3.05) is 0 Å². The first-order valence-electron chi connectivity index (χ1n) is 7.45. The molecule has 3 rings (SSSR count). The van der Waals surface area contributed by atoms with E-state index in [1.54, 1.807) is 13.8 Å². The molecule has 0 saturated heterocycles. The molecule has 0 aliphatic heterocycles. The fourth-order valence-corrected chi connectivity index (χ4v) is 4.64. The van der Waals surface area contributed by atoms with Gasteiger partial charge in [-0.05, 0) is 56.7 Å². The number of aromatic nitrogens is 1. The molecule has 5 nitrogen and oxygen atoms in total. The molecule has 118 valence electrons. The van der Waals surface area contributed by atoms with Crippen LogP contribution in [0.3, 0.4) is 0 Å². The fraction of sp³-hybridized carbons (Fsp3) is 0.438. The summed E-state index contributed by atoms with van der Waals surface area (Å²) in [5.74, 6) is 0.311. The zero-order chi connectivity index (χ0) is 15.9. The van der Waals surface area contributed by atoms with E-state index in [0.717, 1.165) is 18.4 Å². The summed E-state index contributed by atoms with van der Waals surface area (Å²) in [4.78, 5) is 0.139. The van der Waals surface area contributed by atoms with Crippen LogP contribution >= 0.6 is 0 Å². The van der Waals surface area contributed by atoms with Gasteiger partial charge in [0.25, 0.3) is 0 Å². The third kappa shape index (κ3) is 2.68. The number of hydrogen-bond donors (Lipinski definition) is 1. The monoisotopic (exact) mass is 320 g/mol. The molecule has 0 spiro atoms. The minimum Gasteiger partial charge on any atom is -0.360 e. The summed E-state index contributed by atoms with van der Waals surface area (Å²) in [6, 6.07) is 5.93. The summed E-state index contributed by atoms with van der Waals surface area (Å²) in [5.41, 5.74) is 4.08. The lowest BCUT2D eigenvalue weighted by Crippen LogP contribution is -2.27.